The van der Waals surface area contributed by atoms with Crippen molar-refractivity contribution in [3.8, 4) is 0 Å². The third-order valence-electron chi connectivity index (χ3n) is 2.80. The minimum Gasteiger partial charge on any atom is -0.468 e. The predicted molar refractivity (Wildman–Crippen MR) is 65.1 cm³/mol. The minimum absolute atomic E-state index is 0.552. The molecule has 2 rings (SSSR count). The first-order chi connectivity index (χ1) is 8.69. The van der Waals surface area contributed by atoms with E-state index in [0.717, 1.165) is 10.9 Å². The summed E-state index contributed by atoms with van der Waals surface area (Å²) in [6, 6.07) is 7.24. The van der Waals surface area contributed by atoms with Crippen molar-refractivity contribution in [3.63, 3.8) is 0 Å². The SMILES string of the molecule is COC(=O)C(C(=O)OC)c1cccc2cc[nH]c12. The number of methoxy groups -OCH3 is 2. The molecule has 5 nitrogen and oxygen atoms in total. The van der Waals surface area contributed by atoms with Crippen molar-refractivity contribution in [2.45, 2.75) is 5.92 Å². The zero-order valence-corrected chi connectivity index (χ0v) is 10.1. The number of fused-ring (bicyclic) bond motifs is 1. The number of esters is 2. The van der Waals surface area contributed by atoms with E-state index in [4.69, 9.17) is 0 Å². The molecule has 0 radical (unpaired) electrons. The maximum Gasteiger partial charge on any atom is 0.324 e. The van der Waals surface area contributed by atoms with E-state index >= 15 is 0 Å². The molecule has 0 atom stereocenters. The fourth-order valence-electron chi connectivity index (χ4n) is 1.94. The molecule has 18 heavy (non-hydrogen) atoms. The van der Waals surface area contributed by atoms with Gasteiger partial charge >= 0.3 is 11.9 Å². The number of benzene rings is 1. The van der Waals surface area contributed by atoms with E-state index in [-0.39, 0.29) is 0 Å². The number of rotatable bonds is 3. The molecule has 0 saturated heterocycles. The van der Waals surface area contributed by atoms with Crippen LogP contribution in [0.3, 0.4) is 0 Å². The molecular weight excluding hydrogens is 234 g/mol. The molecule has 0 amide bonds. The molecule has 1 heterocycles. The van der Waals surface area contributed by atoms with Gasteiger partial charge in [-0.2, -0.15) is 0 Å². The number of carbonyl (C=O) groups is 2. The Morgan fingerprint density at radius 2 is 1.78 bits per heavy atom. The Morgan fingerprint density at radius 3 is 2.39 bits per heavy atom. The molecule has 0 unspecified atom stereocenters. The van der Waals surface area contributed by atoms with Gasteiger partial charge in [0.15, 0.2) is 5.92 Å². The van der Waals surface area contributed by atoms with Crippen LogP contribution in [0.2, 0.25) is 0 Å². The summed E-state index contributed by atoms with van der Waals surface area (Å²) in [5.41, 5.74) is 1.29. The van der Waals surface area contributed by atoms with Crippen molar-refractivity contribution in [2.75, 3.05) is 14.2 Å². The second-order valence-electron chi connectivity index (χ2n) is 3.77. The first-order valence-corrected chi connectivity index (χ1v) is 5.40. The molecule has 94 valence electrons. The van der Waals surface area contributed by atoms with Gasteiger partial charge in [-0.1, -0.05) is 18.2 Å². The minimum atomic E-state index is -1.07. The largest absolute Gasteiger partial charge is 0.468 e. The Morgan fingerprint density at radius 1 is 1.11 bits per heavy atom. The van der Waals surface area contributed by atoms with Crippen LogP contribution >= 0.6 is 0 Å². The number of para-hydroxylation sites is 1. The van der Waals surface area contributed by atoms with Crippen molar-refractivity contribution >= 4 is 22.8 Å². The summed E-state index contributed by atoms with van der Waals surface area (Å²) in [7, 11) is 2.49. The highest BCUT2D eigenvalue weighted by Crippen LogP contribution is 2.26. The van der Waals surface area contributed by atoms with Crippen LogP contribution in [0.15, 0.2) is 30.5 Å². The Hall–Kier alpha value is -2.30. The van der Waals surface area contributed by atoms with Crippen molar-refractivity contribution in [1.29, 1.82) is 0 Å². The van der Waals surface area contributed by atoms with E-state index in [9.17, 15) is 9.59 Å². The Labute approximate surface area is 104 Å². The Bertz CT molecular complexity index is 571. The van der Waals surface area contributed by atoms with E-state index in [1.165, 1.54) is 14.2 Å². The van der Waals surface area contributed by atoms with Crippen LogP contribution in [-0.2, 0) is 19.1 Å². The molecule has 2 aromatic rings. The average molecular weight is 247 g/mol. The summed E-state index contributed by atoms with van der Waals surface area (Å²) in [6.07, 6.45) is 1.75. The number of aromatic amines is 1. The van der Waals surface area contributed by atoms with Gasteiger partial charge in [0.05, 0.1) is 19.7 Å². The average Bonchev–Trinajstić information content (AvgIpc) is 2.87. The second kappa shape index (κ2) is 4.91. The zero-order chi connectivity index (χ0) is 13.1. The van der Waals surface area contributed by atoms with Crippen LogP contribution in [-0.4, -0.2) is 31.1 Å². The summed E-state index contributed by atoms with van der Waals surface area (Å²) >= 11 is 0. The number of hydrogen-bond donors (Lipinski definition) is 1. The molecule has 0 aliphatic rings. The number of H-pyrrole nitrogens is 1. The summed E-state index contributed by atoms with van der Waals surface area (Å²) < 4.78 is 9.32. The van der Waals surface area contributed by atoms with Gasteiger partial charge in [0, 0.05) is 11.8 Å². The Balaban J connectivity index is 2.57. The van der Waals surface area contributed by atoms with Crippen LogP contribution in [0.1, 0.15) is 11.5 Å². The third kappa shape index (κ3) is 1.95. The van der Waals surface area contributed by atoms with Gasteiger partial charge in [-0.05, 0) is 11.5 Å². The topological polar surface area (TPSA) is 68.4 Å². The quantitative estimate of drug-likeness (QED) is 0.660. The monoisotopic (exact) mass is 247 g/mol. The van der Waals surface area contributed by atoms with Crippen molar-refractivity contribution < 1.29 is 19.1 Å². The molecular formula is C13H13NO4. The molecule has 5 heteroatoms. The molecule has 1 aromatic carbocycles. The maximum atomic E-state index is 11.7. The van der Waals surface area contributed by atoms with Gasteiger partial charge < -0.3 is 14.5 Å². The lowest BCUT2D eigenvalue weighted by atomic mass is 9.97. The highest BCUT2D eigenvalue weighted by atomic mass is 16.5. The van der Waals surface area contributed by atoms with Gasteiger partial charge in [0.2, 0.25) is 0 Å². The lowest BCUT2D eigenvalue weighted by Crippen LogP contribution is -2.24. The fraction of sp³-hybridized carbons (Fsp3) is 0.231. The first-order valence-electron chi connectivity index (χ1n) is 5.40. The standard InChI is InChI=1S/C13H13NO4/c1-17-12(15)10(13(16)18-2)9-5-3-4-8-6-7-14-11(8)9/h3-7,10,14H,1-2H3. The summed E-state index contributed by atoms with van der Waals surface area (Å²) in [5, 5.41) is 0.922. The first kappa shape index (κ1) is 12.2. The van der Waals surface area contributed by atoms with E-state index in [1.807, 2.05) is 12.1 Å². The molecule has 1 N–H and O–H groups in total. The smallest absolute Gasteiger partial charge is 0.324 e. The number of hydrogen-bond acceptors (Lipinski definition) is 4. The summed E-state index contributed by atoms with van der Waals surface area (Å²) in [6.45, 7) is 0. The second-order valence-corrected chi connectivity index (χ2v) is 3.77. The fourth-order valence-corrected chi connectivity index (χ4v) is 1.94. The summed E-state index contributed by atoms with van der Waals surface area (Å²) in [4.78, 5) is 26.5. The van der Waals surface area contributed by atoms with Gasteiger partial charge in [0.25, 0.3) is 0 Å². The number of nitrogens with one attached hydrogen (secondary N) is 1. The van der Waals surface area contributed by atoms with Gasteiger partial charge in [-0.3, -0.25) is 9.59 Å². The van der Waals surface area contributed by atoms with Crippen LogP contribution < -0.4 is 0 Å². The van der Waals surface area contributed by atoms with Gasteiger partial charge in [0.1, 0.15) is 0 Å². The highest BCUT2D eigenvalue weighted by Gasteiger charge is 2.32. The molecule has 0 fully saturated rings. The maximum absolute atomic E-state index is 11.7. The normalized spacial score (nSPS) is 10.6. The Kier molecular flexibility index (Phi) is 3.32. The van der Waals surface area contributed by atoms with E-state index in [0.29, 0.717) is 5.56 Å². The van der Waals surface area contributed by atoms with Crippen LogP contribution in [0.25, 0.3) is 10.9 Å². The van der Waals surface area contributed by atoms with Crippen molar-refractivity contribution in [2.24, 2.45) is 0 Å². The van der Waals surface area contributed by atoms with Crippen LogP contribution in [0.5, 0.6) is 0 Å². The van der Waals surface area contributed by atoms with E-state index in [2.05, 4.69) is 14.5 Å². The summed E-state index contributed by atoms with van der Waals surface area (Å²) in [5.74, 6) is -2.34. The molecule has 0 aliphatic carbocycles. The molecule has 1 aromatic heterocycles. The third-order valence-corrected chi connectivity index (χ3v) is 2.80. The predicted octanol–water partition coefficient (Wildman–Crippen LogP) is 1.60. The van der Waals surface area contributed by atoms with Crippen LogP contribution in [0, 0.1) is 0 Å². The van der Waals surface area contributed by atoms with Crippen molar-refractivity contribution in [3.05, 3.63) is 36.0 Å². The lowest BCUT2D eigenvalue weighted by Gasteiger charge is -2.13. The molecule has 0 aliphatic heterocycles. The number of carbonyl (C=O) groups excluding carboxylic acids is 2. The lowest BCUT2D eigenvalue weighted by molar-refractivity contribution is -0.154. The molecule has 0 spiro atoms. The zero-order valence-electron chi connectivity index (χ0n) is 10.1. The molecule has 0 saturated carbocycles. The number of aromatic nitrogens is 1. The van der Waals surface area contributed by atoms with E-state index in [1.54, 1.807) is 18.3 Å². The van der Waals surface area contributed by atoms with Gasteiger partial charge in [-0.25, -0.2) is 0 Å². The van der Waals surface area contributed by atoms with Crippen molar-refractivity contribution in [1.82, 2.24) is 4.98 Å². The number of ether oxygens (including phenoxy) is 2. The van der Waals surface area contributed by atoms with Gasteiger partial charge in [-0.15, -0.1) is 0 Å². The van der Waals surface area contributed by atoms with Crippen LogP contribution in [0.4, 0.5) is 0 Å². The molecule has 0 bridgehead atoms. The highest BCUT2D eigenvalue weighted by molar-refractivity contribution is 6.04. The van der Waals surface area contributed by atoms with E-state index < -0.39 is 17.9 Å².